The van der Waals surface area contributed by atoms with E-state index in [1.165, 1.54) is 6.08 Å². The Morgan fingerprint density at radius 2 is 2.20 bits per heavy atom. The summed E-state index contributed by atoms with van der Waals surface area (Å²) >= 11 is 1.72. The minimum absolute atomic E-state index is 0.112. The molecule has 4 nitrogen and oxygen atoms in total. The molecule has 110 valence electrons. The van der Waals surface area contributed by atoms with E-state index >= 15 is 0 Å². The van der Waals surface area contributed by atoms with E-state index in [0.29, 0.717) is 6.54 Å². The van der Waals surface area contributed by atoms with E-state index in [1.54, 1.807) is 24.9 Å². The SMILES string of the molecule is COc1ccccc1/C=C/C(=O)NCCSCCCO. The summed E-state index contributed by atoms with van der Waals surface area (Å²) in [6.07, 6.45) is 4.05. The number of aliphatic hydroxyl groups excluding tert-OH is 1. The van der Waals surface area contributed by atoms with Crippen molar-refractivity contribution in [2.75, 3.05) is 31.8 Å². The highest BCUT2D eigenvalue weighted by molar-refractivity contribution is 7.99. The van der Waals surface area contributed by atoms with Crippen molar-refractivity contribution in [1.29, 1.82) is 0 Å². The van der Waals surface area contributed by atoms with Gasteiger partial charge in [0.25, 0.3) is 0 Å². The number of carbonyl (C=O) groups excluding carboxylic acids is 1. The number of nitrogens with one attached hydrogen (secondary N) is 1. The maximum Gasteiger partial charge on any atom is 0.244 e. The average Bonchev–Trinajstić information content (AvgIpc) is 2.49. The van der Waals surface area contributed by atoms with Gasteiger partial charge in [-0.3, -0.25) is 4.79 Å². The standard InChI is InChI=1S/C15H21NO3S/c1-19-14-6-3-2-5-13(14)7-8-15(18)16-9-12-20-11-4-10-17/h2-3,5-8,17H,4,9-12H2,1H3,(H,16,18)/b8-7+. The van der Waals surface area contributed by atoms with Crippen LogP contribution in [0.1, 0.15) is 12.0 Å². The number of hydrogen-bond acceptors (Lipinski definition) is 4. The molecule has 0 spiro atoms. The lowest BCUT2D eigenvalue weighted by Crippen LogP contribution is -2.23. The number of hydrogen-bond donors (Lipinski definition) is 2. The predicted molar refractivity (Wildman–Crippen MR) is 84.1 cm³/mol. The van der Waals surface area contributed by atoms with Gasteiger partial charge in [0.15, 0.2) is 0 Å². The van der Waals surface area contributed by atoms with Gasteiger partial charge in [-0.15, -0.1) is 0 Å². The highest BCUT2D eigenvalue weighted by atomic mass is 32.2. The van der Waals surface area contributed by atoms with Gasteiger partial charge >= 0.3 is 0 Å². The zero-order valence-corrected chi connectivity index (χ0v) is 12.5. The lowest BCUT2D eigenvalue weighted by Gasteiger charge is -2.04. The fourth-order valence-corrected chi connectivity index (χ4v) is 2.33. The Hall–Kier alpha value is -1.46. The zero-order valence-electron chi connectivity index (χ0n) is 11.7. The topological polar surface area (TPSA) is 58.6 Å². The maximum absolute atomic E-state index is 11.6. The van der Waals surface area contributed by atoms with Crippen LogP contribution in [0.3, 0.4) is 0 Å². The number of ether oxygens (including phenoxy) is 1. The molecule has 0 aromatic heterocycles. The predicted octanol–water partition coefficient (Wildman–Crippen LogP) is 1.94. The molecule has 0 atom stereocenters. The number of rotatable bonds is 9. The summed E-state index contributed by atoms with van der Waals surface area (Å²) in [6.45, 7) is 0.853. The molecule has 0 heterocycles. The Bertz CT molecular complexity index is 435. The Balaban J connectivity index is 2.29. The Morgan fingerprint density at radius 3 is 2.95 bits per heavy atom. The van der Waals surface area contributed by atoms with E-state index in [2.05, 4.69) is 5.32 Å². The Morgan fingerprint density at radius 1 is 1.40 bits per heavy atom. The highest BCUT2D eigenvalue weighted by Gasteiger charge is 1.99. The maximum atomic E-state index is 11.6. The molecule has 1 aromatic carbocycles. The molecule has 0 unspecified atom stereocenters. The normalized spacial score (nSPS) is 10.7. The number of thioether (sulfide) groups is 1. The lowest BCUT2D eigenvalue weighted by molar-refractivity contribution is -0.116. The van der Waals surface area contributed by atoms with Crippen LogP contribution < -0.4 is 10.1 Å². The Kier molecular flexibility index (Phi) is 8.58. The van der Waals surface area contributed by atoms with Crippen LogP contribution in [-0.2, 0) is 4.79 Å². The number of amides is 1. The van der Waals surface area contributed by atoms with E-state index in [4.69, 9.17) is 9.84 Å². The van der Waals surface area contributed by atoms with E-state index in [0.717, 1.165) is 29.2 Å². The van der Waals surface area contributed by atoms with Crippen LogP contribution in [0.5, 0.6) is 5.75 Å². The van der Waals surface area contributed by atoms with E-state index in [1.807, 2.05) is 24.3 Å². The van der Waals surface area contributed by atoms with E-state index < -0.39 is 0 Å². The number of aliphatic hydroxyl groups is 1. The molecule has 0 bridgehead atoms. The largest absolute Gasteiger partial charge is 0.496 e. The number of benzene rings is 1. The summed E-state index contributed by atoms with van der Waals surface area (Å²) in [7, 11) is 1.61. The monoisotopic (exact) mass is 295 g/mol. The average molecular weight is 295 g/mol. The molecular formula is C15H21NO3S. The second-order valence-corrected chi connectivity index (χ2v) is 5.28. The first-order valence-corrected chi connectivity index (χ1v) is 7.71. The summed E-state index contributed by atoms with van der Waals surface area (Å²) in [6, 6.07) is 7.54. The van der Waals surface area contributed by atoms with Crippen LogP contribution >= 0.6 is 11.8 Å². The van der Waals surface area contributed by atoms with Gasteiger partial charge in [0.1, 0.15) is 5.75 Å². The van der Waals surface area contributed by atoms with Crippen molar-refractivity contribution in [3.8, 4) is 5.75 Å². The molecule has 2 N–H and O–H groups in total. The molecule has 20 heavy (non-hydrogen) atoms. The molecule has 0 aliphatic rings. The van der Waals surface area contributed by atoms with Gasteiger partial charge in [0.2, 0.25) is 5.91 Å². The first-order chi connectivity index (χ1) is 9.77. The first kappa shape index (κ1) is 16.6. The third-order valence-electron chi connectivity index (χ3n) is 2.55. The second-order valence-electron chi connectivity index (χ2n) is 4.06. The van der Waals surface area contributed by atoms with Crippen molar-refractivity contribution < 1.29 is 14.6 Å². The van der Waals surface area contributed by atoms with Crippen molar-refractivity contribution in [3.05, 3.63) is 35.9 Å². The minimum Gasteiger partial charge on any atom is -0.496 e. The minimum atomic E-state index is -0.112. The van der Waals surface area contributed by atoms with Crippen molar-refractivity contribution in [3.63, 3.8) is 0 Å². The molecule has 0 aliphatic heterocycles. The quantitative estimate of drug-likeness (QED) is 0.540. The summed E-state index contributed by atoms with van der Waals surface area (Å²) in [5.41, 5.74) is 0.877. The second kappa shape index (κ2) is 10.3. The van der Waals surface area contributed by atoms with Crippen LogP contribution in [0.15, 0.2) is 30.3 Å². The molecular weight excluding hydrogens is 274 g/mol. The number of carbonyl (C=O) groups is 1. The molecule has 1 rings (SSSR count). The third kappa shape index (κ3) is 6.63. The van der Waals surface area contributed by atoms with E-state index in [9.17, 15) is 4.79 Å². The fraction of sp³-hybridized carbons (Fsp3) is 0.400. The van der Waals surface area contributed by atoms with E-state index in [-0.39, 0.29) is 12.5 Å². The molecule has 1 amide bonds. The third-order valence-corrected chi connectivity index (χ3v) is 3.62. The first-order valence-electron chi connectivity index (χ1n) is 6.55. The summed E-state index contributed by atoms with van der Waals surface area (Å²) in [5.74, 6) is 2.41. The van der Waals surface area contributed by atoms with Gasteiger partial charge < -0.3 is 15.2 Å². The molecule has 0 fully saturated rings. The van der Waals surface area contributed by atoms with Crippen molar-refractivity contribution in [2.45, 2.75) is 6.42 Å². The van der Waals surface area contributed by atoms with Crippen molar-refractivity contribution in [2.24, 2.45) is 0 Å². The van der Waals surface area contributed by atoms with Crippen molar-refractivity contribution in [1.82, 2.24) is 5.32 Å². The molecule has 0 saturated heterocycles. The smallest absolute Gasteiger partial charge is 0.244 e. The highest BCUT2D eigenvalue weighted by Crippen LogP contribution is 2.18. The molecule has 1 aromatic rings. The summed E-state index contributed by atoms with van der Waals surface area (Å²) < 4.78 is 5.21. The van der Waals surface area contributed by atoms with Gasteiger partial charge in [-0.05, 0) is 24.3 Å². The summed E-state index contributed by atoms with van der Waals surface area (Å²) in [4.78, 5) is 11.6. The fourth-order valence-electron chi connectivity index (χ4n) is 1.54. The summed E-state index contributed by atoms with van der Waals surface area (Å²) in [5, 5.41) is 11.4. The van der Waals surface area contributed by atoms with Crippen LogP contribution in [0, 0.1) is 0 Å². The number of methoxy groups -OCH3 is 1. The van der Waals surface area contributed by atoms with Gasteiger partial charge in [0, 0.05) is 30.5 Å². The van der Waals surface area contributed by atoms with Crippen molar-refractivity contribution >= 4 is 23.7 Å². The van der Waals surface area contributed by atoms with Crippen LogP contribution in [0.2, 0.25) is 0 Å². The van der Waals surface area contributed by atoms with Gasteiger partial charge in [-0.25, -0.2) is 0 Å². The lowest BCUT2D eigenvalue weighted by atomic mass is 10.2. The molecule has 0 saturated carbocycles. The molecule has 0 radical (unpaired) electrons. The zero-order chi connectivity index (χ0) is 14.6. The van der Waals surface area contributed by atoms with Crippen LogP contribution in [0.4, 0.5) is 0 Å². The number of para-hydroxylation sites is 1. The van der Waals surface area contributed by atoms with Gasteiger partial charge in [0.05, 0.1) is 7.11 Å². The van der Waals surface area contributed by atoms with Gasteiger partial charge in [-0.2, -0.15) is 11.8 Å². The van der Waals surface area contributed by atoms with Crippen LogP contribution in [0.25, 0.3) is 6.08 Å². The van der Waals surface area contributed by atoms with Crippen LogP contribution in [-0.4, -0.2) is 42.8 Å². The van der Waals surface area contributed by atoms with Gasteiger partial charge in [-0.1, -0.05) is 18.2 Å². The molecule has 5 heteroatoms. The Labute approximate surface area is 124 Å². The molecule has 0 aliphatic carbocycles.